The van der Waals surface area contributed by atoms with Crippen LogP contribution in [-0.2, 0) is 0 Å². The summed E-state index contributed by atoms with van der Waals surface area (Å²) in [5.74, 6) is 0.812. The maximum Gasteiger partial charge on any atom is 0.113 e. The molecule has 3 heterocycles. The fourth-order valence-electron chi connectivity index (χ4n) is 2.36. The van der Waals surface area contributed by atoms with Gasteiger partial charge in [0.25, 0.3) is 0 Å². The molecule has 0 radical (unpaired) electrons. The van der Waals surface area contributed by atoms with Crippen molar-refractivity contribution in [2.24, 2.45) is 10.7 Å². The Labute approximate surface area is 92.1 Å². The van der Waals surface area contributed by atoms with Gasteiger partial charge >= 0.3 is 0 Å². The number of amidine groups is 1. The van der Waals surface area contributed by atoms with Crippen LogP contribution in [0.3, 0.4) is 0 Å². The summed E-state index contributed by atoms with van der Waals surface area (Å²) >= 11 is 0. The lowest BCUT2D eigenvalue weighted by Gasteiger charge is -2.47. The third-order valence-corrected chi connectivity index (χ3v) is 3.08. The number of nitrogens with two attached hydrogens (primary N) is 1. The van der Waals surface area contributed by atoms with Crippen molar-refractivity contribution in [3.05, 3.63) is 0 Å². The van der Waals surface area contributed by atoms with Gasteiger partial charge in [-0.3, -0.25) is 14.8 Å². The molecule has 0 spiro atoms. The van der Waals surface area contributed by atoms with E-state index >= 15 is 0 Å². The molecule has 1 unspecified atom stereocenters. The van der Waals surface area contributed by atoms with Gasteiger partial charge in [-0.1, -0.05) is 0 Å². The van der Waals surface area contributed by atoms with Gasteiger partial charge in [0.05, 0.1) is 11.6 Å². The zero-order chi connectivity index (χ0) is 11.1. The van der Waals surface area contributed by atoms with Crippen molar-refractivity contribution in [3.8, 4) is 0 Å². The second kappa shape index (κ2) is 3.76. The van der Waals surface area contributed by atoms with E-state index < -0.39 is 0 Å². The highest BCUT2D eigenvalue weighted by Crippen LogP contribution is 2.17. The standard InChI is InChI=1S/C11H22N4/c1-11(2,3)13-10(12)9-8-14-4-6-15(9)7-5-14/h9H,4-8H2,1-3H3,(H2,12,13). The highest BCUT2D eigenvalue weighted by molar-refractivity contribution is 5.86. The molecular weight excluding hydrogens is 188 g/mol. The maximum atomic E-state index is 6.10. The SMILES string of the molecule is CC(C)(C)N=C(N)C1CN2CCN1CC2. The van der Waals surface area contributed by atoms with E-state index in [9.17, 15) is 0 Å². The molecule has 2 N–H and O–H groups in total. The van der Waals surface area contributed by atoms with Crippen molar-refractivity contribution in [2.75, 3.05) is 32.7 Å². The Balaban J connectivity index is 2.08. The van der Waals surface area contributed by atoms with Gasteiger partial charge in [-0.05, 0) is 20.8 Å². The van der Waals surface area contributed by atoms with Gasteiger partial charge in [0.1, 0.15) is 5.84 Å². The summed E-state index contributed by atoms with van der Waals surface area (Å²) in [6.45, 7) is 12.0. The molecule has 3 fully saturated rings. The molecule has 1 atom stereocenters. The van der Waals surface area contributed by atoms with Gasteiger partial charge in [-0.15, -0.1) is 0 Å². The Bertz CT molecular complexity index is 258. The van der Waals surface area contributed by atoms with E-state index in [0.717, 1.165) is 25.5 Å². The first-order valence-corrected chi connectivity index (χ1v) is 5.77. The van der Waals surface area contributed by atoms with E-state index in [1.165, 1.54) is 13.1 Å². The Morgan fingerprint density at radius 1 is 1.20 bits per heavy atom. The number of aliphatic imine (C=N–C) groups is 1. The molecule has 0 aromatic heterocycles. The molecule has 3 saturated heterocycles. The van der Waals surface area contributed by atoms with Crippen LogP contribution >= 0.6 is 0 Å². The number of hydrogen-bond donors (Lipinski definition) is 1. The molecule has 3 aliphatic heterocycles. The van der Waals surface area contributed by atoms with Crippen LogP contribution < -0.4 is 5.73 Å². The van der Waals surface area contributed by atoms with Crippen molar-refractivity contribution in [2.45, 2.75) is 32.4 Å². The first-order valence-electron chi connectivity index (χ1n) is 5.77. The molecule has 3 rings (SSSR count). The molecule has 2 bridgehead atoms. The van der Waals surface area contributed by atoms with E-state index in [2.05, 4.69) is 35.6 Å². The molecule has 3 aliphatic rings. The average molecular weight is 210 g/mol. The van der Waals surface area contributed by atoms with Crippen molar-refractivity contribution >= 4 is 5.84 Å². The summed E-state index contributed by atoms with van der Waals surface area (Å²) < 4.78 is 0. The van der Waals surface area contributed by atoms with E-state index in [0.29, 0.717) is 6.04 Å². The summed E-state index contributed by atoms with van der Waals surface area (Å²) in [6.07, 6.45) is 0. The first kappa shape index (κ1) is 10.9. The van der Waals surface area contributed by atoms with Crippen LogP contribution in [-0.4, -0.2) is 59.9 Å². The summed E-state index contributed by atoms with van der Waals surface area (Å²) in [5, 5.41) is 0. The minimum Gasteiger partial charge on any atom is -0.386 e. The number of nitrogens with zero attached hydrogens (tertiary/aromatic N) is 3. The molecule has 4 heteroatoms. The largest absolute Gasteiger partial charge is 0.386 e. The van der Waals surface area contributed by atoms with Crippen LogP contribution in [0.2, 0.25) is 0 Å². The van der Waals surface area contributed by atoms with Gasteiger partial charge in [-0.2, -0.15) is 0 Å². The third-order valence-electron chi connectivity index (χ3n) is 3.08. The summed E-state index contributed by atoms with van der Waals surface area (Å²) in [5.41, 5.74) is 6.04. The van der Waals surface area contributed by atoms with Crippen molar-refractivity contribution in [3.63, 3.8) is 0 Å². The monoisotopic (exact) mass is 210 g/mol. The predicted molar refractivity (Wildman–Crippen MR) is 63.2 cm³/mol. The highest BCUT2D eigenvalue weighted by atomic mass is 15.4. The molecule has 86 valence electrons. The van der Waals surface area contributed by atoms with Gasteiger partial charge in [0.2, 0.25) is 0 Å². The smallest absolute Gasteiger partial charge is 0.113 e. The van der Waals surface area contributed by atoms with Crippen LogP contribution in [0.25, 0.3) is 0 Å². The van der Waals surface area contributed by atoms with Crippen molar-refractivity contribution in [1.29, 1.82) is 0 Å². The number of rotatable bonds is 1. The minimum absolute atomic E-state index is 0.0583. The van der Waals surface area contributed by atoms with Gasteiger partial charge in [-0.25, -0.2) is 0 Å². The van der Waals surface area contributed by atoms with Crippen LogP contribution in [0.5, 0.6) is 0 Å². The van der Waals surface area contributed by atoms with Crippen LogP contribution in [0.15, 0.2) is 4.99 Å². The Morgan fingerprint density at radius 3 is 2.20 bits per heavy atom. The molecule has 4 nitrogen and oxygen atoms in total. The second-order valence-electron chi connectivity index (χ2n) is 5.56. The van der Waals surface area contributed by atoms with Gasteiger partial charge in [0.15, 0.2) is 0 Å². The molecule has 0 aromatic rings. The fraction of sp³-hybridized carbons (Fsp3) is 0.909. The first-order chi connectivity index (χ1) is 6.96. The normalized spacial score (nSPS) is 37.0. The molecule has 0 aliphatic carbocycles. The molecule has 0 amide bonds. The molecule has 15 heavy (non-hydrogen) atoms. The van der Waals surface area contributed by atoms with E-state index in [1.807, 2.05) is 0 Å². The highest BCUT2D eigenvalue weighted by Gasteiger charge is 2.34. The lowest BCUT2D eigenvalue weighted by molar-refractivity contribution is 0.0401. The number of piperazine rings is 3. The van der Waals surface area contributed by atoms with E-state index in [1.54, 1.807) is 0 Å². The van der Waals surface area contributed by atoms with E-state index in [-0.39, 0.29) is 5.54 Å². The summed E-state index contributed by atoms with van der Waals surface area (Å²) in [4.78, 5) is 9.52. The lowest BCUT2D eigenvalue weighted by Crippen LogP contribution is -2.64. The topological polar surface area (TPSA) is 44.9 Å². The quantitative estimate of drug-likeness (QED) is 0.495. The Hall–Kier alpha value is -0.610. The van der Waals surface area contributed by atoms with Crippen molar-refractivity contribution in [1.82, 2.24) is 9.80 Å². The Kier molecular flexibility index (Phi) is 2.73. The van der Waals surface area contributed by atoms with Gasteiger partial charge < -0.3 is 5.73 Å². The summed E-state index contributed by atoms with van der Waals surface area (Å²) in [6, 6.07) is 0.353. The molecular formula is C11H22N4. The third kappa shape index (κ3) is 2.49. The van der Waals surface area contributed by atoms with Crippen LogP contribution in [0, 0.1) is 0 Å². The molecule has 0 aromatic carbocycles. The minimum atomic E-state index is -0.0583. The number of hydrogen-bond acceptors (Lipinski definition) is 3. The fourth-order valence-corrected chi connectivity index (χ4v) is 2.36. The zero-order valence-corrected chi connectivity index (χ0v) is 10.0. The maximum absolute atomic E-state index is 6.10. The number of fused-ring (bicyclic) bond motifs is 3. The Morgan fingerprint density at radius 2 is 1.80 bits per heavy atom. The van der Waals surface area contributed by atoms with Crippen molar-refractivity contribution < 1.29 is 0 Å². The predicted octanol–water partition coefficient (Wildman–Crippen LogP) is 0.142. The summed E-state index contributed by atoms with van der Waals surface area (Å²) in [7, 11) is 0. The molecule has 0 saturated carbocycles. The van der Waals surface area contributed by atoms with Crippen LogP contribution in [0.1, 0.15) is 20.8 Å². The zero-order valence-electron chi connectivity index (χ0n) is 10.0. The average Bonchev–Trinajstić information content (AvgIpc) is 2.17. The van der Waals surface area contributed by atoms with E-state index in [4.69, 9.17) is 5.73 Å². The second-order valence-corrected chi connectivity index (χ2v) is 5.56. The lowest BCUT2D eigenvalue weighted by atomic mass is 10.1. The van der Waals surface area contributed by atoms with Crippen LogP contribution in [0.4, 0.5) is 0 Å². The van der Waals surface area contributed by atoms with Gasteiger partial charge in [0, 0.05) is 32.7 Å².